The van der Waals surface area contributed by atoms with Gasteiger partial charge < -0.3 is 10.1 Å². The molecule has 150 valence electrons. The van der Waals surface area contributed by atoms with Gasteiger partial charge in [-0.2, -0.15) is 0 Å². The smallest absolute Gasteiger partial charge is 0.283 e. The number of hydrogen-bond donors (Lipinski definition) is 1. The van der Waals surface area contributed by atoms with Crippen LogP contribution < -0.4 is 15.0 Å². The van der Waals surface area contributed by atoms with Crippen molar-refractivity contribution >= 4 is 35.0 Å². The second-order valence-electron chi connectivity index (χ2n) is 6.34. The molecular formula is C23H17FN2O3S. The molecule has 0 saturated heterocycles. The van der Waals surface area contributed by atoms with Gasteiger partial charge in [0.15, 0.2) is 0 Å². The topological polar surface area (TPSA) is 58.6 Å². The zero-order valence-corrected chi connectivity index (χ0v) is 16.8. The fourth-order valence-corrected chi connectivity index (χ4v) is 4.00. The highest BCUT2D eigenvalue weighted by atomic mass is 32.2. The Morgan fingerprint density at radius 3 is 2.27 bits per heavy atom. The van der Waals surface area contributed by atoms with Crippen LogP contribution in [0.5, 0.6) is 5.75 Å². The Hall–Kier alpha value is -3.58. The number of carbonyl (C=O) groups is 2. The quantitative estimate of drug-likeness (QED) is 0.579. The minimum atomic E-state index is -0.578. The fourth-order valence-electron chi connectivity index (χ4n) is 3.05. The van der Waals surface area contributed by atoms with Crippen molar-refractivity contribution in [2.45, 2.75) is 4.90 Å². The van der Waals surface area contributed by atoms with Gasteiger partial charge in [-0.25, -0.2) is 9.29 Å². The van der Waals surface area contributed by atoms with Crippen LogP contribution in [0.3, 0.4) is 0 Å². The molecule has 0 aromatic heterocycles. The van der Waals surface area contributed by atoms with Gasteiger partial charge in [-0.3, -0.25) is 9.59 Å². The van der Waals surface area contributed by atoms with Crippen molar-refractivity contribution in [3.05, 3.63) is 95.3 Å². The SMILES string of the molecule is COc1ccccc1N1C(=O)C(Nc2ccccc2F)=C(Sc2ccccc2)C1=O. The predicted octanol–water partition coefficient (Wildman–Crippen LogP) is 4.82. The lowest BCUT2D eigenvalue weighted by molar-refractivity contribution is -0.120. The van der Waals surface area contributed by atoms with Crippen molar-refractivity contribution in [3.8, 4) is 5.75 Å². The van der Waals surface area contributed by atoms with Gasteiger partial charge in [0.2, 0.25) is 0 Å². The molecule has 0 fully saturated rings. The maximum Gasteiger partial charge on any atom is 0.283 e. The highest BCUT2D eigenvalue weighted by Crippen LogP contribution is 2.40. The molecule has 3 aromatic rings. The van der Waals surface area contributed by atoms with Gasteiger partial charge in [0.05, 0.1) is 18.5 Å². The average Bonchev–Trinajstić information content (AvgIpc) is 3.00. The van der Waals surface area contributed by atoms with E-state index < -0.39 is 17.6 Å². The zero-order chi connectivity index (χ0) is 21.1. The van der Waals surface area contributed by atoms with Gasteiger partial charge in [-0.05, 0) is 36.4 Å². The first-order valence-electron chi connectivity index (χ1n) is 9.10. The van der Waals surface area contributed by atoms with Gasteiger partial charge in [0.25, 0.3) is 11.8 Å². The third kappa shape index (κ3) is 3.67. The van der Waals surface area contributed by atoms with E-state index in [1.165, 1.54) is 19.2 Å². The minimum Gasteiger partial charge on any atom is -0.495 e. The van der Waals surface area contributed by atoms with E-state index in [1.54, 1.807) is 36.4 Å². The molecule has 0 radical (unpaired) electrons. The summed E-state index contributed by atoms with van der Waals surface area (Å²) >= 11 is 1.15. The van der Waals surface area contributed by atoms with Crippen LogP contribution in [0.2, 0.25) is 0 Å². The molecule has 1 aliphatic rings. The van der Waals surface area contributed by atoms with Crippen molar-refractivity contribution in [2.24, 2.45) is 0 Å². The van der Waals surface area contributed by atoms with Gasteiger partial charge in [0, 0.05) is 4.90 Å². The third-order valence-corrected chi connectivity index (χ3v) is 5.55. The van der Waals surface area contributed by atoms with Gasteiger partial charge in [-0.1, -0.05) is 54.2 Å². The molecule has 30 heavy (non-hydrogen) atoms. The van der Waals surface area contributed by atoms with E-state index in [2.05, 4.69) is 5.32 Å². The standard InChI is InChI=1S/C23H17FN2O3S/c1-29-19-14-8-7-13-18(19)26-22(27)20(25-17-12-6-5-11-16(17)24)21(23(26)28)30-15-9-3-2-4-10-15/h2-14,25H,1H3. The Kier molecular flexibility index (Phi) is 5.54. The monoisotopic (exact) mass is 420 g/mol. The summed E-state index contributed by atoms with van der Waals surface area (Å²) in [5.41, 5.74) is 0.457. The summed E-state index contributed by atoms with van der Waals surface area (Å²) in [5, 5.41) is 2.83. The van der Waals surface area contributed by atoms with Crippen LogP contribution in [0.4, 0.5) is 15.8 Å². The summed E-state index contributed by atoms with van der Waals surface area (Å²) in [4.78, 5) is 28.6. The van der Waals surface area contributed by atoms with E-state index in [9.17, 15) is 14.0 Å². The normalized spacial score (nSPS) is 13.7. The predicted molar refractivity (Wildman–Crippen MR) is 115 cm³/mol. The Labute approximate surface area is 177 Å². The molecule has 2 amide bonds. The molecule has 1 heterocycles. The van der Waals surface area contributed by atoms with Crippen molar-refractivity contribution in [1.82, 2.24) is 0 Å². The number of rotatable bonds is 6. The van der Waals surface area contributed by atoms with E-state index >= 15 is 0 Å². The van der Waals surface area contributed by atoms with E-state index in [0.717, 1.165) is 21.6 Å². The minimum absolute atomic E-state index is 0.0184. The lowest BCUT2D eigenvalue weighted by Gasteiger charge is -2.18. The summed E-state index contributed by atoms with van der Waals surface area (Å²) in [6.07, 6.45) is 0. The summed E-state index contributed by atoms with van der Waals surface area (Å²) in [6.45, 7) is 0. The summed E-state index contributed by atoms with van der Waals surface area (Å²) in [6, 6.07) is 22.0. The summed E-state index contributed by atoms with van der Waals surface area (Å²) < 4.78 is 19.6. The molecular weight excluding hydrogens is 403 g/mol. The molecule has 0 atom stereocenters. The second kappa shape index (κ2) is 8.42. The number of methoxy groups -OCH3 is 1. The van der Waals surface area contributed by atoms with Crippen LogP contribution in [0.15, 0.2) is 94.4 Å². The van der Waals surface area contributed by atoms with E-state index in [-0.39, 0.29) is 16.3 Å². The van der Waals surface area contributed by atoms with Crippen LogP contribution in [-0.2, 0) is 9.59 Å². The van der Waals surface area contributed by atoms with Crippen molar-refractivity contribution in [1.29, 1.82) is 0 Å². The first-order chi connectivity index (χ1) is 14.6. The van der Waals surface area contributed by atoms with Crippen molar-refractivity contribution < 1.29 is 18.7 Å². The Bertz CT molecular complexity index is 1150. The number of halogens is 1. The molecule has 4 rings (SSSR count). The van der Waals surface area contributed by atoms with Crippen LogP contribution in [0.25, 0.3) is 0 Å². The maximum absolute atomic E-state index is 14.2. The van der Waals surface area contributed by atoms with Crippen LogP contribution in [0.1, 0.15) is 0 Å². The van der Waals surface area contributed by atoms with Crippen LogP contribution in [0, 0.1) is 5.82 Å². The molecule has 0 bridgehead atoms. The average molecular weight is 420 g/mol. The summed E-state index contributed by atoms with van der Waals surface area (Å²) in [7, 11) is 1.47. The van der Waals surface area contributed by atoms with Gasteiger partial charge in [-0.15, -0.1) is 0 Å². The largest absolute Gasteiger partial charge is 0.495 e. The first kappa shape index (κ1) is 19.7. The third-order valence-electron chi connectivity index (χ3n) is 4.46. The number of ether oxygens (including phenoxy) is 1. The Balaban J connectivity index is 1.79. The lowest BCUT2D eigenvalue weighted by Crippen LogP contribution is -2.32. The number of para-hydroxylation sites is 3. The van der Waals surface area contributed by atoms with E-state index in [0.29, 0.717) is 11.4 Å². The molecule has 0 spiro atoms. The highest BCUT2D eigenvalue weighted by Gasteiger charge is 2.41. The molecule has 0 saturated carbocycles. The number of thioether (sulfide) groups is 1. The van der Waals surface area contributed by atoms with Gasteiger partial charge in [0.1, 0.15) is 22.2 Å². The Morgan fingerprint density at radius 1 is 0.867 bits per heavy atom. The van der Waals surface area contributed by atoms with Crippen LogP contribution >= 0.6 is 11.8 Å². The van der Waals surface area contributed by atoms with Crippen LogP contribution in [-0.4, -0.2) is 18.9 Å². The second-order valence-corrected chi connectivity index (χ2v) is 7.43. The number of nitrogens with one attached hydrogen (secondary N) is 1. The Morgan fingerprint density at radius 2 is 1.53 bits per heavy atom. The molecule has 1 aliphatic heterocycles. The highest BCUT2D eigenvalue weighted by molar-refractivity contribution is 8.04. The number of amides is 2. The fraction of sp³-hybridized carbons (Fsp3) is 0.0435. The lowest BCUT2D eigenvalue weighted by atomic mass is 10.2. The molecule has 7 heteroatoms. The molecule has 5 nitrogen and oxygen atoms in total. The molecule has 1 N–H and O–H groups in total. The number of nitrogens with zero attached hydrogens (tertiary/aromatic N) is 1. The van der Waals surface area contributed by atoms with E-state index in [4.69, 9.17) is 4.74 Å². The number of hydrogen-bond acceptors (Lipinski definition) is 5. The molecule has 3 aromatic carbocycles. The van der Waals surface area contributed by atoms with Crippen molar-refractivity contribution in [2.75, 3.05) is 17.3 Å². The van der Waals surface area contributed by atoms with E-state index in [1.807, 2.05) is 30.3 Å². The first-order valence-corrected chi connectivity index (χ1v) is 9.92. The molecule has 0 aliphatic carbocycles. The summed E-state index contributed by atoms with van der Waals surface area (Å²) in [5.74, 6) is -1.22. The number of benzene rings is 3. The molecule has 0 unspecified atom stereocenters. The zero-order valence-electron chi connectivity index (χ0n) is 16.0. The maximum atomic E-state index is 14.2. The number of imide groups is 1. The van der Waals surface area contributed by atoms with Crippen molar-refractivity contribution in [3.63, 3.8) is 0 Å². The van der Waals surface area contributed by atoms with Gasteiger partial charge >= 0.3 is 0 Å². The number of carbonyl (C=O) groups excluding carboxylic acids is 2. The number of anilines is 2.